The summed E-state index contributed by atoms with van der Waals surface area (Å²) < 4.78 is 5.33. The van der Waals surface area contributed by atoms with Crippen molar-refractivity contribution in [2.75, 3.05) is 39.8 Å². The van der Waals surface area contributed by atoms with Crippen LogP contribution in [0.25, 0.3) is 6.08 Å². The van der Waals surface area contributed by atoms with Gasteiger partial charge in [-0.2, -0.15) is 0 Å². The van der Waals surface area contributed by atoms with Gasteiger partial charge in [-0.15, -0.1) is 24.0 Å². The maximum absolute atomic E-state index is 5.33. The summed E-state index contributed by atoms with van der Waals surface area (Å²) in [6.45, 7) is 7.66. The SMILES string of the molecule is CCc1cc(CNC(=NC)N2CCN(C/C=C/c3ccccc3)CC2)on1.I. The van der Waals surface area contributed by atoms with Crippen LogP contribution in [0.1, 0.15) is 23.9 Å². The molecule has 1 aromatic heterocycles. The molecule has 1 aliphatic heterocycles. The number of guanidine groups is 1. The average Bonchev–Trinajstić information content (AvgIpc) is 3.18. The molecule has 0 spiro atoms. The second-order valence-corrected chi connectivity index (χ2v) is 6.64. The van der Waals surface area contributed by atoms with Gasteiger partial charge in [-0.05, 0) is 12.0 Å². The molecule has 1 N–H and O–H groups in total. The number of aryl methyl sites for hydroxylation is 1. The van der Waals surface area contributed by atoms with Gasteiger partial charge in [0.2, 0.25) is 0 Å². The molecular formula is C21H30IN5O. The minimum atomic E-state index is 0. The van der Waals surface area contributed by atoms with Gasteiger partial charge in [0.15, 0.2) is 11.7 Å². The Morgan fingerprint density at radius 1 is 1.21 bits per heavy atom. The van der Waals surface area contributed by atoms with Crippen molar-refractivity contribution in [1.82, 2.24) is 20.3 Å². The number of piperazine rings is 1. The lowest BCUT2D eigenvalue weighted by molar-refractivity contribution is 0.194. The third-order valence-electron chi connectivity index (χ3n) is 4.75. The summed E-state index contributed by atoms with van der Waals surface area (Å²) in [6, 6.07) is 12.4. The molecule has 1 aliphatic rings. The maximum Gasteiger partial charge on any atom is 0.194 e. The van der Waals surface area contributed by atoms with Crippen LogP contribution >= 0.6 is 24.0 Å². The number of aromatic nitrogens is 1. The van der Waals surface area contributed by atoms with Crippen LogP contribution in [0.3, 0.4) is 0 Å². The lowest BCUT2D eigenvalue weighted by Gasteiger charge is -2.36. The largest absolute Gasteiger partial charge is 0.359 e. The van der Waals surface area contributed by atoms with Gasteiger partial charge in [-0.3, -0.25) is 9.89 Å². The van der Waals surface area contributed by atoms with Gasteiger partial charge in [-0.1, -0.05) is 54.6 Å². The van der Waals surface area contributed by atoms with Crippen molar-refractivity contribution in [2.45, 2.75) is 19.9 Å². The molecule has 0 saturated carbocycles. The van der Waals surface area contributed by atoms with E-state index in [1.165, 1.54) is 5.56 Å². The minimum Gasteiger partial charge on any atom is -0.359 e. The summed E-state index contributed by atoms with van der Waals surface area (Å²) >= 11 is 0. The zero-order valence-corrected chi connectivity index (χ0v) is 19.0. The first-order valence-corrected chi connectivity index (χ1v) is 9.62. The van der Waals surface area contributed by atoms with Crippen molar-refractivity contribution in [2.24, 2.45) is 4.99 Å². The fourth-order valence-corrected chi connectivity index (χ4v) is 3.15. The van der Waals surface area contributed by atoms with E-state index in [1.54, 1.807) is 0 Å². The number of halogens is 1. The van der Waals surface area contributed by atoms with Gasteiger partial charge >= 0.3 is 0 Å². The highest BCUT2D eigenvalue weighted by Gasteiger charge is 2.19. The second kappa shape index (κ2) is 11.9. The lowest BCUT2D eigenvalue weighted by atomic mass is 10.2. The van der Waals surface area contributed by atoms with E-state index in [2.05, 4.69) is 68.6 Å². The number of nitrogens with one attached hydrogen (secondary N) is 1. The zero-order valence-electron chi connectivity index (χ0n) is 16.7. The van der Waals surface area contributed by atoms with Crippen LogP contribution in [-0.4, -0.2) is 60.7 Å². The smallest absolute Gasteiger partial charge is 0.194 e. The molecule has 1 aromatic carbocycles. The third-order valence-corrected chi connectivity index (χ3v) is 4.75. The molecular weight excluding hydrogens is 465 g/mol. The highest BCUT2D eigenvalue weighted by molar-refractivity contribution is 14.0. The molecule has 3 rings (SSSR count). The van der Waals surface area contributed by atoms with Gasteiger partial charge in [0.25, 0.3) is 0 Å². The Bertz CT molecular complexity index is 751. The van der Waals surface area contributed by atoms with E-state index in [-0.39, 0.29) is 24.0 Å². The molecule has 0 radical (unpaired) electrons. The van der Waals surface area contributed by atoms with Gasteiger partial charge in [-0.25, -0.2) is 0 Å². The fraction of sp³-hybridized carbons (Fsp3) is 0.429. The molecule has 0 atom stereocenters. The molecule has 7 heteroatoms. The molecule has 0 aliphatic carbocycles. The predicted molar refractivity (Wildman–Crippen MR) is 125 cm³/mol. The number of rotatable bonds is 6. The van der Waals surface area contributed by atoms with Gasteiger partial charge in [0, 0.05) is 45.8 Å². The van der Waals surface area contributed by atoms with Crippen LogP contribution in [0.2, 0.25) is 0 Å². The van der Waals surface area contributed by atoms with Gasteiger partial charge < -0.3 is 14.7 Å². The first-order chi connectivity index (χ1) is 13.3. The number of benzene rings is 1. The van der Waals surface area contributed by atoms with Crippen molar-refractivity contribution in [3.8, 4) is 0 Å². The van der Waals surface area contributed by atoms with Gasteiger partial charge in [0.05, 0.1) is 12.2 Å². The lowest BCUT2D eigenvalue weighted by Crippen LogP contribution is -2.52. The number of hydrogen-bond acceptors (Lipinski definition) is 4. The molecule has 152 valence electrons. The van der Waals surface area contributed by atoms with E-state index in [9.17, 15) is 0 Å². The van der Waals surface area contributed by atoms with Crippen molar-refractivity contribution >= 4 is 36.0 Å². The Labute approximate surface area is 184 Å². The molecule has 1 fully saturated rings. The van der Waals surface area contributed by atoms with Crippen LogP contribution in [0.15, 0.2) is 52.0 Å². The zero-order chi connectivity index (χ0) is 18.9. The fourth-order valence-electron chi connectivity index (χ4n) is 3.15. The van der Waals surface area contributed by atoms with Crippen molar-refractivity contribution in [3.05, 3.63) is 59.5 Å². The van der Waals surface area contributed by atoms with Gasteiger partial charge in [0.1, 0.15) is 0 Å². The molecule has 2 aromatic rings. The Balaban J connectivity index is 0.00000280. The van der Waals surface area contributed by atoms with Crippen LogP contribution in [0, 0.1) is 0 Å². The summed E-state index contributed by atoms with van der Waals surface area (Å²) in [5.41, 5.74) is 2.23. The quantitative estimate of drug-likeness (QED) is 0.379. The first kappa shape index (κ1) is 22.4. The molecule has 6 nitrogen and oxygen atoms in total. The Kier molecular flexibility index (Phi) is 9.49. The first-order valence-electron chi connectivity index (χ1n) is 9.62. The minimum absolute atomic E-state index is 0. The molecule has 28 heavy (non-hydrogen) atoms. The van der Waals surface area contributed by atoms with E-state index in [1.807, 2.05) is 19.2 Å². The number of hydrogen-bond donors (Lipinski definition) is 1. The second-order valence-electron chi connectivity index (χ2n) is 6.64. The Hall–Kier alpha value is -1.87. The predicted octanol–water partition coefficient (Wildman–Crippen LogP) is 3.26. The van der Waals surface area contributed by atoms with Crippen LogP contribution in [0.4, 0.5) is 0 Å². The Morgan fingerprint density at radius 3 is 2.61 bits per heavy atom. The third kappa shape index (κ3) is 6.63. The number of aliphatic imine (C=N–C) groups is 1. The van der Waals surface area contributed by atoms with E-state index in [0.29, 0.717) is 6.54 Å². The molecule has 1 saturated heterocycles. The summed E-state index contributed by atoms with van der Waals surface area (Å²) in [7, 11) is 1.83. The van der Waals surface area contributed by atoms with E-state index in [4.69, 9.17) is 4.52 Å². The topological polar surface area (TPSA) is 56.9 Å². The standard InChI is InChI=1S/C21H29N5O.HI/c1-3-19-16-20(27-24-19)17-23-21(22-2)26-14-12-25(13-15-26)11-7-10-18-8-5-4-6-9-18;/h4-10,16H,3,11-15,17H2,1-2H3,(H,22,23);1H/b10-7+;. The summed E-state index contributed by atoms with van der Waals surface area (Å²) in [4.78, 5) is 9.18. The molecule has 0 unspecified atom stereocenters. The summed E-state index contributed by atoms with van der Waals surface area (Å²) in [6.07, 6.45) is 5.32. The van der Waals surface area contributed by atoms with E-state index >= 15 is 0 Å². The monoisotopic (exact) mass is 495 g/mol. The Morgan fingerprint density at radius 2 is 1.96 bits per heavy atom. The van der Waals surface area contributed by atoms with Crippen LogP contribution in [-0.2, 0) is 13.0 Å². The maximum atomic E-state index is 5.33. The van der Waals surface area contributed by atoms with E-state index in [0.717, 1.165) is 56.6 Å². The molecule has 0 bridgehead atoms. The van der Waals surface area contributed by atoms with Crippen LogP contribution < -0.4 is 5.32 Å². The van der Waals surface area contributed by atoms with Crippen molar-refractivity contribution in [1.29, 1.82) is 0 Å². The summed E-state index contributed by atoms with van der Waals surface area (Å²) in [5.74, 6) is 1.77. The van der Waals surface area contributed by atoms with E-state index < -0.39 is 0 Å². The summed E-state index contributed by atoms with van der Waals surface area (Å²) in [5, 5.41) is 7.41. The molecule has 2 heterocycles. The highest BCUT2D eigenvalue weighted by atomic mass is 127. The normalized spacial score (nSPS) is 15.6. The highest BCUT2D eigenvalue weighted by Crippen LogP contribution is 2.07. The van der Waals surface area contributed by atoms with Crippen molar-refractivity contribution in [3.63, 3.8) is 0 Å². The molecule has 0 amide bonds. The van der Waals surface area contributed by atoms with Crippen molar-refractivity contribution < 1.29 is 4.52 Å². The van der Waals surface area contributed by atoms with Crippen LogP contribution in [0.5, 0.6) is 0 Å². The number of nitrogens with zero attached hydrogens (tertiary/aromatic N) is 4. The average molecular weight is 495 g/mol.